The summed E-state index contributed by atoms with van der Waals surface area (Å²) in [7, 11) is 0. The molecule has 2 atom stereocenters. The van der Waals surface area contributed by atoms with E-state index in [1.807, 2.05) is 0 Å². The van der Waals surface area contributed by atoms with Crippen LogP contribution in [0.3, 0.4) is 0 Å². The van der Waals surface area contributed by atoms with Crippen LogP contribution in [0.15, 0.2) is 0 Å². The van der Waals surface area contributed by atoms with Crippen LogP contribution in [0.5, 0.6) is 0 Å². The van der Waals surface area contributed by atoms with E-state index >= 15 is 0 Å². The normalized spacial score (nSPS) is 16.4. The van der Waals surface area contributed by atoms with Gasteiger partial charge in [-0.2, -0.15) is 0 Å². The maximum absolute atomic E-state index is 3.45. The molecule has 0 fully saturated rings. The Labute approximate surface area is 70.8 Å². The standard InChI is InChI=1S/C9H22N2/c1-5-9(11-7-3)8(4)10-6-2/h8-11H,5-7H2,1-4H3. The van der Waals surface area contributed by atoms with E-state index in [2.05, 4.69) is 38.3 Å². The largest absolute Gasteiger partial charge is 0.313 e. The minimum absolute atomic E-state index is 0.588. The number of hydrogen-bond donors (Lipinski definition) is 2. The van der Waals surface area contributed by atoms with Crippen molar-refractivity contribution in [2.75, 3.05) is 13.1 Å². The molecule has 2 N–H and O–H groups in total. The highest BCUT2D eigenvalue weighted by Crippen LogP contribution is 1.97. The van der Waals surface area contributed by atoms with Gasteiger partial charge in [0, 0.05) is 12.1 Å². The van der Waals surface area contributed by atoms with E-state index in [9.17, 15) is 0 Å². The fraction of sp³-hybridized carbons (Fsp3) is 1.00. The monoisotopic (exact) mass is 158 g/mol. The first-order valence-corrected chi connectivity index (χ1v) is 4.72. The van der Waals surface area contributed by atoms with E-state index in [-0.39, 0.29) is 0 Å². The van der Waals surface area contributed by atoms with Gasteiger partial charge in [-0.15, -0.1) is 0 Å². The van der Waals surface area contributed by atoms with Gasteiger partial charge in [0.05, 0.1) is 0 Å². The molecule has 0 saturated carbocycles. The first-order chi connectivity index (χ1) is 5.26. The third-order valence-corrected chi connectivity index (χ3v) is 2.04. The van der Waals surface area contributed by atoms with Crippen molar-refractivity contribution < 1.29 is 0 Å². The summed E-state index contributed by atoms with van der Waals surface area (Å²) < 4.78 is 0. The molecular weight excluding hydrogens is 136 g/mol. The average Bonchev–Trinajstić information content (AvgIpc) is 2.00. The van der Waals surface area contributed by atoms with Gasteiger partial charge in [0.2, 0.25) is 0 Å². The van der Waals surface area contributed by atoms with Crippen LogP contribution in [0.4, 0.5) is 0 Å². The number of hydrogen-bond acceptors (Lipinski definition) is 2. The van der Waals surface area contributed by atoms with E-state index in [1.54, 1.807) is 0 Å². The van der Waals surface area contributed by atoms with Crippen LogP contribution < -0.4 is 10.6 Å². The third kappa shape index (κ3) is 4.38. The summed E-state index contributed by atoms with van der Waals surface area (Å²) in [5.41, 5.74) is 0. The lowest BCUT2D eigenvalue weighted by Crippen LogP contribution is -2.45. The molecule has 0 aliphatic rings. The first-order valence-electron chi connectivity index (χ1n) is 4.72. The van der Waals surface area contributed by atoms with Crippen molar-refractivity contribution in [1.29, 1.82) is 0 Å². The smallest absolute Gasteiger partial charge is 0.0215 e. The van der Waals surface area contributed by atoms with Crippen molar-refractivity contribution in [1.82, 2.24) is 10.6 Å². The molecule has 0 amide bonds. The molecule has 0 aliphatic carbocycles. The van der Waals surface area contributed by atoms with Crippen molar-refractivity contribution in [3.8, 4) is 0 Å². The number of likely N-dealkylation sites (N-methyl/N-ethyl adjacent to an activating group) is 2. The minimum Gasteiger partial charge on any atom is -0.313 e. The maximum atomic E-state index is 3.45. The Kier molecular flexibility index (Phi) is 6.57. The fourth-order valence-corrected chi connectivity index (χ4v) is 1.40. The molecule has 0 saturated heterocycles. The van der Waals surface area contributed by atoms with Crippen molar-refractivity contribution >= 4 is 0 Å². The van der Waals surface area contributed by atoms with Gasteiger partial charge in [-0.05, 0) is 26.4 Å². The maximum Gasteiger partial charge on any atom is 0.0215 e. The lowest BCUT2D eigenvalue weighted by molar-refractivity contribution is 0.391. The second kappa shape index (κ2) is 6.62. The summed E-state index contributed by atoms with van der Waals surface area (Å²) in [4.78, 5) is 0. The molecule has 0 rings (SSSR count). The molecule has 68 valence electrons. The summed E-state index contributed by atoms with van der Waals surface area (Å²) in [6, 6.07) is 1.21. The van der Waals surface area contributed by atoms with Crippen LogP contribution in [0.1, 0.15) is 34.1 Å². The highest BCUT2D eigenvalue weighted by Gasteiger charge is 2.11. The van der Waals surface area contributed by atoms with Crippen molar-refractivity contribution in [2.24, 2.45) is 0 Å². The van der Waals surface area contributed by atoms with Crippen LogP contribution in [-0.4, -0.2) is 25.2 Å². The van der Waals surface area contributed by atoms with E-state index in [4.69, 9.17) is 0 Å². The second-order valence-corrected chi connectivity index (χ2v) is 2.92. The van der Waals surface area contributed by atoms with Gasteiger partial charge in [-0.3, -0.25) is 0 Å². The van der Waals surface area contributed by atoms with Crippen LogP contribution in [0, 0.1) is 0 Å². The fourth-order valence-electron chi connectivity index (χ4n) is 1.40. The third-order valence-electron chi connectivity index (χ3n) is 2.04. The van der Waals surface area contributed by atoms with Crippen molar-refractivity contribution in [2.45, 2.75) is 46.2 Å². The molecule has 0 aromatic carbocycles. The van der Waals surface area contributed by atoms with E-state index in [0.29, 0.717) is 12.1 Å². The molecule has 0 aromatic rings. The molecule has 0 aromatic heterocycles. The van der Waals surface area contributed by atoms with Crippen molar-refractivity contribution in [3.05, 3.63) is 0 Å². The topological polar surface area (TPSA) is 24.1 Å². The van der Waals surface area contributed by atoms with Gasteiger partial charge in [0.15, 0.2) is 0 Å². The van der Waals surface area contributed by atoms with Crippen LogP contribution in [-0.2, 0) is 0 Å². The molecule has 0 radical (unpaired) electrons. The second-order valence-electron chi connectivity index (χ2n) is 2.92. The predicted molar refractivity (Wildman–Crippen MR) is 50.9 cm³/mol. The zero-order valence-electron chi connectivity index (χ0n) is 8.28. The number of rotatable bonds is 6. The molecule has 0 bridgehead atoms. The summed E-state index contributed by atoms with van der Waals surface area (Å²) in [5, 5.41) is 6.87. The Balaban J connectivity index is 3.61. The molecule has 2 nitrogen and oxygen atoms in total. The summed E-state index contributed by atoms with van der Waals surface area (Å²) in [6.07, 6.45) is 1.20. The molecule has 2 unspecified atom stereocenters. The lowest BCUT2D eigenvalue weighted by Gasteiger charge is -2.23. The zero-order valence-corrected chi connectivity index (χ0v) is 8.28. The Bertz CT molecular complexity index is 83.6. The summed E-state index contributed by atoms with van der Waals surface area (Å²) >= 11 is 0. The van der Waals surface area contributed by atoms with Crippen LogP contribution in [0.2, 0.25) is 0 Å². The van der Waals surface area contributed by atoms with E-state index in [0.717, 1.165) is 13.1 Å². The highest BCUT2D eigenvalue weighted by atomic mass is 15.0. The highest BCUT2D eigenvalue weighted by molar-refractivity contribution is 4.75. The van der Waals surface area contributed by atoms with Crippen molar-refractivity contribution in [3.63, 3.8) is 0 Å². The Morgan fingerprint density at radius 2 is 1.55 bits per heavy atom. The van der Waals surface area contributed by atoms with E-state index < -0.39 is 0 Å². The Morgan fingerprint density at radius 3 is 1.91 bits per heavy atom. The van der Waals surface area contributed by atoms with E-state index in [1.165, 1.54) is 6.42 Å². The van der Waals surface area contributed by atoms with Gasteiger partial charge < -0.3 is 10.6 Å². The van der Waals surface area contributed by atoms with Gasteiger partial charge in [-0.1, -0.05) is 20.8 Å². The van der Waals surface area contributed by atoms with Gasteiger partial charge in [0.25, 0.3) is 0 Å². The quantitative estimate of drug-likeness (QED) is 0.610. The molecule has 2 heteroatoms. The summed E-state index contributed by atoms with van der Waals surface area (Å²) in [5.74, 6) is 0. The zero-order chi connectivity index (χ0) is 8.69. The molecule has 0 spiro atoms. The first kappa shape index (κ1) is 10.9. The molecule has 11 heavy (non-hydrogen) atoms. The van der Waals surface area contributed by atoms with Crippen LogP contribution in [0.25, 0.3) is 0 Å². The lowest BCUT2D eigenvalue weighted by atomic mass is 10.1. The minimum atomic E-state index is 0.588. The summed E-state index contributed by atoms with van der Waals surface area (Å²) in [6.45, 7) is 10.9. The molecular formula is C9H22N2. The van der Waals surface area contributed by atoms with Gasteiger partial charge >= 0.3 is 0 Å². The number of nitrogens with one attached hydrogen (secondary N) is 2. The average molecular weight is 158 g/mol. The van der Waals surface area contributed by atoms with Crippen LogP contribution >= 0.6 is 0 Å². The van der Waals surface area contributed by atoms with Gasteiger partial charge in [0.1, 0.15) is 0 Å². The Morgan fingerprint density at radius 1 is 1.00 bits per heavy atom. The predicted octanol–water partition coefficient (Wildman–Crippen LogP) is 1.37. The SMILES string of the molecule is CCNC(C)C(CC)NCC. The molecule has 0 heterocycles. The Hall–Kier alpha value is -0.0800. The van der Waals surface area contributed by atoms with Gasteiger partial charge in [-0.25, -0.2) is 0 Å². The molecule has 0 aliphatic heterocycles.